The van der Waals surface area contributed by atoms with Gasteiger partial charge in [-0.25, -0.2) is 18.7 Å². The lowest BCUT2D eigenvalue weighted by atomic mass is 9.91. The van der Waals surface area contributed by atoms with Gasteiger partial charge in [0.05, 0.1) is 20.3 Å². The molecule has 164 valence electrons. The van der Waals surface area contributed by atoms with E-state index in [9.17, 15) is 13.6 Å². The van der Waals surface area contributed by atoms with Gasteiger partial charge in [0, 0.05) is 19.5 Å². The summed E-state index contributed by atoms with van der Waals surface area (Å²) in [6.07, 6.45) is 3.71. The number of anilines is 1. The fourth-order valence-corrected chi connectivity index (χ4v) is 5.34. The van der Waals surface area contributed by atoms with Crippen LogP contribution in [-0.4, -0.2) is 34.1 Å². The summed E-state index contributed by atoms with van der Waals surface area (Å²) in [5.74, 6) is -0.468. The van der Waals surface area contributed by atoms with Gasteiger partial charge in [0.25, 0.3) is 0 Å². The van der Waals surface area contributed by atoms with Crippen molar-refractivity contribution in [1.29, 1.82) is 0 Å². The highest BCUT2D eigenvalue weighted by molar-refractivity contribution is 9.10. The van der Waals surface area contributed by atoms with Crippen LogP contribution < -0.4 is 4.90 Å². The lowest BCUT2D eigenvalue weighted by Gasteiger charge is -2.33. The normalized spacial score (nSPS) is 15.0. The monoisotopic (exact) mass is 509 g/mol. The first-order valence-electron chi connectivity index (χ1n) is 10.2. The molecule has 3 heterocycles. The van der Waals surface area contributed by atoms with Crippen LogP contribution in [-0.2, 0) is 4.79 Å². The molecule has 1 aliphatic rings. The maximum Gasteiger partial charge on any atom is 0.303 e. The van der Waals surface area contributed by atoms with Crippen LogP contribution in [0.15, 0.2) is 22.0 Å². The second-order valence-corrected chi connectivity index (χ2v) is 9.66. The Morgan fingerprint density at radius 2 is 2.00 bits per heavy atom. The zero-order valence-electron chi connectivity index (χ0n) is 17.0. The van der Waals surface area contributed by atoms with E-state index in [1.807, 2.05) is 12.3 Å². The SMILES string of the molecule is Cc1csc2c(N3CCC(CCCC(=O)O)CC3)nc(-c3cc(F)c(Br)cc3F)nc12. The molecule has 5 nitrogen and oxygen atoms in total. The lowest BCUT2D eigenvalue weighted by Crippen LogP contribution is -2.34. The van der Waals surface area contributed by atoms with Crippen LogP contribution in [0.2, 0.25) is 0 Å². The summed E-state index contributed by atoms with van der Waals surface area (Å²) in [5, 5.41) is 10.8. The summed E-state index contributed by atoms with van der Waals surface area (Å²) in [6, 6.07) is 2.22. The molecular weight excluding hydrogens is 488 g/mol. The minimum atomic E-state index is -0.752. The molecule has 0 saturated carbocycles. The van der Waals surface area contributed by atoms with E-state index in [4.69, 9.17) is 5.11 Å². The summed E-state index contributed by atoms with van der Waals surface area (Å²) in [7, 11) is 0. The average Bonchev–Trinajstić information content (AvgIpc) is 3.11. The van der Waals surface area contributed by atoms with Gasteiger partial charge in [-0.15, -0.1) is 11.3 Å². The predicted molar refractivity (Wildman–Crippen MR) is 122 cm³/mol. The number of halogens is 3. The third-order valence-corrected chi connectivity index (χ3v) is 7.43. The first kappa shape index (κ1) is 22.1. The van der Waals surface area contributed by atoms with E-state index in [0.717, 1.165) is 66.1 Å². The molecule has 31 heavy (non-hydrogen) atoms. The summed E-state index contributed by atoms with van der Waals surface area (Å²) in [6.45, 7) is 3.53. The molecule has 9 heteroatoms. The maximum atomic E-state index is 14.6. The minimum absolute atomic E-state index is 0.0398. The quantitative estimate of drug-likeness (QED) is 0.402. The predicted octanol–water partition coefficient (Wildman–Crippen LogP) is 6.18. The number of thiophene rings is 1. The molecule has 0 bridgehead atoms. The number of carboxylic acids is 1. The molecule has 0 atom stereocenters. The first-order valence-corrected chi connectivity index (χ1v) is 11.9. The van der Waals surface area contributed by atoms with E-state index in [2.05, 4.69) is 30.8 Å². The van der Waals surface area contributed by atoms with Crippen LogP contribution in [0.5, 0.6) is 0 Å². The molecule has 1 aliphatic heterocycles. The highest BCUT2D eigenvalue weighted by Gasteiger charge is 2.25. The van der Waals surface area contributed by atoms with Crippen LogP contribution >= 0.6 is 27.3 Å². The molecule has 3 aromatic rings. The Morgan fingerprint density at radius 1 is 1.26 bits per heavy atom. The molecule has 0 aliphatic carbocycles. The molecule has 0 spiro atoms. The Hall–Kier alpha value is -2.13. The number of aliphatic carboxylic acids is 1. The standard InChI is InChI=1S/C22H22BrF2N3O2S/c1-12-11-31-20-19(12)26-21(14-9-17(25)15(23)10-16(14)24)27-22(20)28-7-5-13(6-8-28)3-2-4-18(29)30/h9-11,13H,2-8H2,1H3,(H,29,30). The number of benzene rings is 1. The highest BCUT2D eigenvalue weighted by atomic mass is 79.9. The number of hydrogen-bond acceptors (Lipinski definition) is 5. The number of aromatic nitrogens is 2. The van der Waals surface area contributed by atoms with Crippen LogP contribution in [0.3, 0.4) is 0 Å². The second kappa shape index (κ2) is 9.16. The van der Waals surface area contributed by atoms with Crippen LogP contribution in [0.1, 0.15) is 37.7 Å². The number of fused-ring (bicyclic) bond motifs is 1. The topological polar surface area (TPSA) is 66.3 Å². The smallest absolute Gasteiger partial charge is 0.303 e. The van der Waals surface area contributed by atoms with Crippen molar-refractivity contribution in [2.45, 2.75) is 39.0 Å². The zero-order chi connectivity index (χ0) is 22.1. The Balaban J connectivity index is 1.63. The molecule has 0 unspecified atom stereocenters. The third-order valence-electron chi connectivity index (χ3n) is 5.74. The maximum absolute atomic E-state index is 14.6. The van der Waals surface area contributed by atoms with Gasteiger partial charge in [0.1, 0.15) is 11.6 Å². The van der Waals surface area contributed by atoms with E-state index in [0.29, 0.717) is 12.3 Å². The fourth-order valence-electron chi connectivity index (χ4n) is 4.02. The van der Waals surface area contributed by atoms with Gasteiger partial charge in [-0.2, -0.15) is 0 Å². The van der Waals surface area contributed by atoms with Crippen molar-refractivity contribution in [1.82, 2.24) is 9.97 Å². The number of carbonyl (C=O) groups is 1. The number of carboxylic acid groups (broad SMARTS) is 1. The summed E-state index contributed by atoms with van der Waals surface area (Å²) < 4.78 is 29.7. The first-order chi connectivity index (χ1) is 14.8. The van der Waals surface area contributed by atoms with E-state index in [1.165, 1.54) is 0 Å². The van der Waals surface area contributed by atoms with E-state index >= 15 is 0 Å². The van der Waals surface area contributed by atoms with Gasteiger partial charge in [0.2, 0.25) is 0 Å². The van der Waals surface area contributed by atoms with Gasteiger partial charge in [0.15, 0.2) is 11.6 Å². The van der Waals surface area contributed by atoms with Crippen LogP contribution in [0, 0.1) is 24.5 Å². The third kappa shape index (κ3) is 4.72. The minimum Gasteiger partial charge on any atom is -0.481 e. The Bertz CT molecular complexity index is 1130. The van der Waals surface area contributed by atoms with Crippen molar-refractivity contribution >= 4 is 49.3 Å². The molecule has 0 amide bonds. The van der Waals surface area contributed by atoms with Crippen molar-refractivity contribution in [2.75, 3.05) is 18.0 Å². The van der Waals surface area contributed by atoms with E-state index in [-0.39, 0.29) is 22.3 Å². The molecule has 0 radical (unpaired) electrons. The number of nitrogens with zero attached hydrogens (tertiary/aromatic N) is 3. The number of piperidine rings is 1. The van der Waals surface area contributed by atoms with E-state index in [1.54, 1.807) is 11.3 Å². The van der Waals surface area contributed by atoms with Crippen LogP contribution in [0.25, 0.3) is 21.6 Å². The van der Waals surface area contributed by atoms with Gasteiger partial charge in [-0.3, -0.25) is 4.79 Å². The van der Waals surface area contributed by atoms with Gasteiger partial charge < -0.3 is 10.0 Å². The van der Waals surface area contributed by atoms with Gasteiger partial charge in [-0.1, -0.05) is 0 Å². The number of hydrogen-bond donors (Lipinski definition) is 1. The molecule has 1 N–H and O–H groups in total. The lowest BCUT2D eigenvalue weighted by molar-refractivity contribution is -0.137. The highest BCUT2D eigenvalue weighted by Crippen LogP contribution is 2.37. The summed E-state index contributed by atoms with van der Waals surface area (Å²) >= 11 is 4.57. The number of rotatable bonds is 6. The molecular formula is C22H22BrF2N3O2S. The molecule has 1 saturated heterocycles. The molecule has 1 aromatic carbocycles. The summed E-state index contributed by atoms with van der Waals surface area (Å²) in [4.78, 5) is 22.2. The molecule has 4 rings (SSSR count). The number of aryl methyl sites for hydroxylation is 1. The van der Waals surface area contributed by atoms with Gasteiger partial charge in [-0.05, 0) is 77.5 Å². The molecule has 2 aromatic heterocycles. The van der Waals surface area contributed by atoms with Crippen molar-refractivity contribution in [3.63, 3.8) is 0 Å². The average molecular weight is 510 g/mol. The summed E-state index contributed by atoms with van der Waals surface area (Å²) in [5.41, 5.74) is 1.78. The van der Waals surface area contributed by atoms with Crippen molar-refractivity contribution in [3.05, 3.63) is 39.2 Å². The van der Waals surface area contributed by atoms with Crippen molar-refractivity contribution < 1.29 is 18.7 Å². The Morgan fingerprint density at radius 3 is 2.71 bits per heavy atom. The Labute approximate surface area is 191 Å². The van der Waals surface area contributed by atoms with Crippen molar-refractivity contribution in [2.24, 2.45) is 5.92 Å². The van der Waals surface area contributed by atoms with Crippen molar-refractivity contribution in [3.8, 4) is 11.4 Å². The zero-order valence-corrected chi connectivity index (χ0v) is 19.4. The fraction of sp³-hybridized carbons (Fsp3) is 0.409. The van der Waals surface area contributed by atoms with E-state index < -0.39 is 17.6 Å². The van der Waals surface area contributed by atoms with Gasteiger partial charge >= 0.3 is 5.97 Å². The largest absolute Gasteiger partial charge is 0.481 e. The van der Waals surface area contributed by atoms with Crippen LogP contribution in [0.4, 0.5) is 14.6 Å². The second-order valence-electron chi connectivity index (χ2n) is 7.93. The molecule has 1 fully saturated rings. The Kier molecular flexibility index (Phi) is 6.52.